The first-order valence-electron chi connectivity index (χ1n) is 7.15. The lowest BCUT2D eigenvalue weighted by molar-refractivity contribution is -0.137. The maximum absolute atomic E-state index is 12.8. The van der Waals surface area contributed by atoms with Crippen molar-refractivity contribution in [1.29, 1.82) is 0 Å². The number of hydrogen-bond acceptors (Lipinski definition) is 0. The average molecular weight is 303 g/mol. The molecule has 4 heteroatoms. The van der Waals surface area contributed by atoms with Gasteiger partial charge in [0.05, 0.1) is 5.56 Å². The topological polar surface area (TPSA) is 0 Å². The summed E-state index contributed by atoms with van der Waals surface area (Å²) in [5.74, 6) is 1.90. The number of fused-ring (bicyclic) bond motifs is 2. The van der Waals surface area contributed by atoms with Crippen molar-refractivity contribution in [3.63, 3.8) is 0 Å². The minimum absolute atomic E-state index is 0.0225. The van der Waals surface area contributed by atoms with Crippen LogP contribution in [-0.4, -0.2) is 5.88 Å². The third kappa shape index (κ3) is 2.45. The molecule has 2 aliphatic rings. The molecule has 1 aromatic rings. The Morgan fingerprint density at radius 3 is 2.60 bits per heavy atom. The van der Waals surface area contributed by atoms with E-state index >= 15 is 0 Å². The first-order chi connectivity index (χ1) is 9.43. The van der Waals surface area contributed by atoms with Gasteiger partial charge >= 0.3 is 6.18 Å². The number of hydrogen-bond donors (Lipinski definition) is 0. The van der Waals surface area contributed by atoms with Gasteiger partial charge in [0.1, 0.15) is 0 Å². The number of benzene rings is 1. The maximum Gasteiger partial charge on any atom is 0.416 e. The highest BCUT2D eigenvalue weighted by Crippen LogP contribution is 2.57. The van der Waals surface area contributed by atoms with Crippen LogP contribution >= 0.6 is 11.6 Å². The van der Waals surface area contributed by atoms with Crippen molar-refractivity contribution in [2.75, 3.05) is 5.88 Å². The summed E-state index contributed by atoms with van der Waals surface area (Å²) in [4.78, 5) is 0. The van der Waals surface area contributed by atoms with Crippen LogP contribution in [0.3, 0.4) is 0 Å². The summed E-state index contributed by atoms with van der Waals surface area (Å²) in [5.41, 5.74) is 0.241. The fraction of sp³-hybridized carbons (Fsp3) is 0.625. The smallest absolute Gasteiger partial charge is 0.166 e. The van der Waals surface area contributed by atoms with Gasteiger partial charge in [-0.25, -0.2) is 0 Å². The van der Waals surface area contributed by atoms with Crippen molar-refractivity contribution in [3.8, 4) is 0 Å². The molecule has 2 bridgehead atoms. The van der Waals surface area contributed by atoms with Gasteiger partial charge in [0.2, 0.25) is 0 Å². The summed E-state index contributed by atoms with van der Waals surface area (Å²) in [6.45, 7) is 0. The highest BCUT2D eigenvalue weighted by Gasteiger charge is 2.50. The lowest BCUT2D eigenvalue weighted by Crippen LogP contribution is -2.32. The van der Waals surface area contributed by atoms with E-state index in [0.717, 1.165) is 24.0 Å². The summed E-state index contributed by atoms with van der Waals surface area (Å²) in [7, 11) is 0. The molecule has 0 aromatic heterocycles. The van der Waals surface area contributed by atoms with E-state index in [1.807, 2.05) is 0 Å². The van der Waals surface area contributed by atoms with Gasteiger partial charge in [-0.1, -0.05) is 24.6 Å². The predicted molar refractivity (Wildman–Crippen MR) is 73.7 cm³/mol. The van der Waals surface area contributed by atoms with Gasteiger partial charge in [-0.3, -0.25) is 0 Å². The largest absolute Gasteiger partial charge is 0.416 e. The van der Waals surface area contributed by atoms with Gasteiger partial charge in [0.25, 0.3) is 0 Å². The summed E-state index contributed by atoms with van der Waals surface area (Å²) < 4.78 is 38.3. The van der Waals surface area contributed by atoms with E-state index in [0.29, 0.717) is 18.2 Å². The Kier molecular flexibility index (Phi) is 3.52. The van der Waals surface area contributed by atoms with Crippen LogP contribution in [0.15, 0.2) is 24.3 Å². The average Bonchev–Trinajstić information content (AvgIpc) is 2.99. The number of rotatable bonds is 3. The first kappa shape index (κ1) is 14.2. The summed E-state index contributed by atoms with van der Waals surface area (Å²) in [6.07, 6.45) is 1.17. The highest BCUT2D eigenvalue weighted by atomic mass is 35.5. The molecule has 110 valence electrons. The lowest BCUT2D eigenvalue weighted by Gasteiger charge is -2.36. The monoisotopic (exact) mass is 302 g/mol. The molecule has 2 saturated carbocycles. The van der Waals surface area contributed by atoms with Crippen LogP contribution < -0.4 is 0 Å². The zero-order chi connectivity index (χ0) is 14.4. The molecule has 1 aromatic carbocycles. The zero-order valence-corrected chi connectivity index (χ0v) is 12.0. The number of alkyl halides is 4. The Balaban J connectivity index is 1.84. The van der Waals surface area contributed by atoms with Crippen molar-refractivity contribution in [2.45, 2.75) is 38.3 Å². The van der Waals surface area contributed by atoms with Crippen molar-refractivity contribution in [1.82, 2.24) is 0 Å². The van der Waals surface area contributed by atoms with Crippen LogP contribution in [0.5, 0.6) is 0 Å². The van der Waals surface area contributed by atoms with E-state index < -0.39 is 11.7 Å². The first-order valence-corrected chi connectivity index (χ1v) is 7.68. The van der Waals surface area contributed by atoms with E-state index in [4.69, 9.17) is 11.6 Å². The van der Waals surface area contributed by atoms with Crippen LogP contribution in [0.25, 0.3) is 0 Å². The molecule has 2 aliphatic carbocycles. The zero-order valence-electron chi connectivity index (χ0n) is 11.2. The standard InChI is InChI=1S/C16H18ClF3/c17-10-15(9-12-4-5-13(15)6-12)8-11-2-1-3-14(7-11)16(18,19)20/h1-3,7,12-13H,4-6,8-10H2. The summed E-state index contributed by atoms with van der Waals surface area (Å²) in [6, 6.07) is 5.74. The van der Waals surface area contributed by atoms with Crippen LogP contribution in [0, 0.1) is 17.3 Å². The van der Waals surface area contributed by atoms with E-state index in [2.05, 4.69) is 0 Å². The van der Waals surface area contributed by atoms with Gasteiger partial charge in [-0.05, 0) is 54.6 Å². The Morgan fingerprint density at radius 2 is 2.05 bits per heavy atom. The molecule has 0 N–H and O–H groups in total. The van der Waals surface area contributed by atoms with Gasteiger partial charge < -0.3 is 0 Å². The summed E-state index contributed by atoms with van der Waals surface area (Å²) >= 11 is 6.22. The van der Waals surface area contributed by atoms with Crippen molar-refractivity contribution < 1.29 is 13.2 Å². The molecule has 0 aliphatic heterocycles. The normalized spacial score (nSPS) is 32.8. The van der Waals surface area contributed by atoms with E-state index in [-0.39, 0.29) is 5.41 Å². The van der Waals surface area contributed by atoms with Crippen molar-refractivity contribution in [3.05, 3.63) is 35.4 Å². The van der Waals surface area contributed by atoms with Crippen molar-refractivity contribution in [2.24, 2.45) is 17.3 Å². The maximum atomic E-state index is 12.8. The number of halogens is 4. The molecule has 20 heavy (non-hydrogen) atoms. The molecule has 3 unspecified atom stereocenters. The molecule has 0 spiro atoms. The Bertz CT molecular complexity index is 497. The minimum atomic E-state index is -4.27. The molecule has 0 saturated heterocycles. The molecule has 2 fully saturated rings. The van der Waals surface area contributed by atoms with Crippen LogP contribution in [0.4, 0.5) is 13.2 Å². The Hall–Kier alpha value is -0.700. The van der Waals surface area contributed by atoms with E-state index in [1.54, 1.807) is 6.07 Å². The lowest BCUT2D eigenvalue weighted by atomic mass is 9.70. The fourth-order valence-corrected chi connectivity index (χ4v) is 4.67. The van der Waals surface area contributed by atoms with Crippen LogP contribution in [-0.2, 0) is 12.6 Å². The van der Waals surface area contributed by atoms with E-state index in [9.17, 15) is 13.2 Å². The Labute approximate surface area is 122 Å². The molecule has 0 heterocycles. The van der Waals surface area contributed by atoms with Gasteiger partial charge in [0, 0.05) is 5.88 Å². The predicted octanol–water partition coefficient (Wildman–Crippen LogP) is 5.29. The second-order valence-electron chi connectivity index (χ2n) is 6.45. The van der Waals surface area contributed by atoms with Crippen LogP contribution in [0.2, 0.25) is 0 Å². The second-order valence-corrected chi connectivity index (χ2v) is 6.72. The minimum Gasteiger partial charge on any atom is -0.166 e. The molecule has 0 radical (unpaired) electrons. The SMILES string of the molecule is FC(F)(F)c1cccc(CC2(CCl)CC3CCC2C3)c1. The summed E-state index contributed by atoms with van der Waals surface area (Å²) in [5, 5.41) is 0. The molecular weight excluding hydrogens is 285 g/mol. The third-order valence-electron chi connectivity index (χ3n) is 5.18. The third-order valence-corrected chi connectivity index (χ3v) is 5.71. The van der Waals surface area contributed by atoms with Gasteiger partial charge in [-0.2, -0.15) is 13.2 Å². The highest BCUT2D eigenvalue weighted by molar-refractivity contribution is 6.18. The fourth-order valence-electron chi connectivity index (χ4n) is 4.25. The van der Waals surface area contributed by atoms with Crippen LogP contribution in [0.1, 0.15) is 36.8 Å². The molecular formula is C16H18ClF3. The molecule has 0 nitrogen and oxygen atoms in total. The second kappa shape index (κ2) is 4.94. The molecule has 3 rings (SSSR count). The Morgan fingerprint density at radius 1 is 1.25 bits per heavy atom. The van der Waals surface area contributed by atoms with Crippen molar-refractivity contribution >= 4 is 11.6 Å². The molecule has 3 atom stereocenters. The molecule has 0 amide bonds. The van der Waals surface area contributed by atoms with Gasteiger partial charge in [-0.15, -0.1) is 11.6 Å². The quantitative estimate of drug-likeness (QED) is 0.665. The van der Waals surface area contributed by atoms with E-state index in [1.165, 1.54) is 31.4 Å². The van der Waals surface area contributed by atoms with Gasteiger partial charge in [0.15, 0.2) is 0 Å².